The summed E-state index contributed by atoms with van der Waals surface area (Å²) in [6.07, 6.45) is 1.22. The number of aromatic nitrogens is 2. The molecular formula is C23H29F3N4O2. The first-order valence-electron chi connectivity index (χ1n) is 10.8. The first kappa shape index (κ1) is 24.0. The standard InChI is InChI=1S/C23H29F3N4O2/c1-13(2)8-14(23(32)27-3)9-20(31)21-19-12-29(4)6-5-7-30(19)22(28-21)15-10-17(25)18(26)11-16(15)24/h10-11,13-14H,5-9,12H2,1-4H3,(H,27,32)/t14-/m1/s1. The lowest BCUT2D eigenvalue weighted by atomic mass is 9.90. The van der Waals surface area contributed by atoms with Gasteiger partial charge >= 0.3 is 0 Å². The van der Waals surface area contributed by atoms with Crippen LogP contribution in [0.25, 0.3) is 11.4 Å². The second kappa shape index (κ2) is 9.85. The fourth-order valence-electron chi connectivity index (χ4n) is 4.22. The molecule has 0 saturated heterocycles. The summed E-state index contributed by atoms with van der Waals surface area (Å²) in [5, 5.41) is 2.60. The van der Waals surface area contributed by atoms with E-state index in [2.05, 4.69) is 10.3 Å². The molecule has 32 heavy (non-hydrogen) atoms. The Bertz CT molecular complexity index is 1020. The van der Waals surface area contributed by atoms with Crippen LogP contribution in [0.15, 0.2) is 12.1 Å². The molecule has 174 valence electrons. The number of hydrogen-bond acceptors (Lipinski definition) is 4. The number of rotatable bonds is 7. The smallest absolute Gasteiger partial charge is 0.223 e. The Hall–Kier alpha value is -2.68. The van der Waals surface area contributed by atoms with Gasteiger partial charge in [0.1, 0.15) is 17.3 Å². The van der Waals surface area contributed by atoms with Crippen LogP contribution in [0.5, 0.6) is 0 Å². The highest BCUT2D eigenvalue weighted by molar-refractivity contribution is 5.98. The SMILES string of the molecule is CNC(=O)[C@@H](CC(=O)c1nc(-c2cc(F)c(F)cc2F)n2c1CN(C)CCC2)CC(C)C. The first-order valence-corrected chi connectivity index (χ1v) is 10.8. The molecule has 0 radical (unpaired) electrons. The maximum Gasteiger partial charge on any atom is 0.223 e. The maximum absolute atomic E-state index is 14.6. The normalized spacial score (nSPS) is 15.4. The molecule has 0 spiro atoms. The van der Waals surface area contributed by atoms with Crippen LogP contribution in [0.2, 0.25) is 0 Å². The lowest BCUT2D eigenvalue weighted by molar-refractivity contribution is -0.124. The van der Waals surface area contributed by atoms with E-state index < -0.39 is 23.4 Å². The molecule has 1 aliphatic heterocycles. The van der Waals surface area contributed by atoms with Crippen LogP contribution < -0.4 is 5.32 Å². The van der Waals surface area contributed by atoms with E-state index in [0.717, 1.165) is 19.0 Å². The summed E-state index contributed by atoms with van der Waals surface area (Å²) < 4.78 is 43.7. The Labute approximate surface area is 185 Å². The Morgan fingerprint density at radius 1 is 1.12 bits per heavy atom. The molecular weight excluding hydrogens is 421 g/mol. The number of fused-ring (bicyclic) bond motifs is 1. The molecule has 1 aliphatic rings. The Balaban J connectivity index is 2.07. The fraction of sp³-hybridized carbons (Fsp3) is 0.522. The highest BCUT2D eigenvalue weighted by atomic mass is 19.2. The van der Waals surface area contributed by atoms with Crippen molar-refractivity contribution in [1.82, 2.24) is 19.8 Å². The molecule has 3 rings (SSSR count). The molecule has 1 aromatic carbocycles. The monoisotopic (exact) mass is 450 g/mol. The Kier molecular flexibility index (Phi) is 7.38. The van der Waals surface area contributed by atoms with E-state index in [4.69, 9.17) is 0 Å². The molecule has 6 nitrogen and oxygen atoms in total. The van der Waals surface area contributed by atoms with Gasteiger partial charge in [-0.2, -0.15) is 0 Å². The third-order valence-electron chi connectivity index (χ3n) is 5.73. The molecule has 9 heteroatoms. The zero-order chi connectivity index (χ0) is 23.6. The zero-order valence-electron chi connectivity index (χ0n) is 18.8. The first-order chi connectivity index (χ1) is 15.1. The molecule has 1 aromatic heterocycles. The van der Waals surface area contributed by atoms with Crippen LogP contribution in [-0.4, -0.2) is 46.8 Å². The fourth-order valence-corrected chi connectivity index (χ4v) is 4.22. The molecule has 0 aliphatic carbocycles. The molecule has 0 bridgehead atoms. The number of Topliss-reactive ketones (excluding diaryl/α,β-unsaturated/α-hetero) is 1. The van der Waals surface area contributed by atoms with Gasteiger partial charge < -0.3 is 14.8 Å². The van der Waals surface area contributed by atoms with Crippen molar-refractivity contribution in [1.29, 1.82) is 0 Å². The van der Waals surface area contributed by atoms with Gasteiger partial charge in [0, 0.05) is 38.5 Å². The summed E-state index contributed by atoms with van der Waals surface area (Å²) in [5.41, 5.74) is 0.545. The summed E-state index contributed by atoms with van der Waals surface area (Å²) in [6, 6.07) is 1.26. The number of ketones is 1. The van der Waals surface area contributed by atoms with Crippen LogP contribution in [0.4, 0.5) is 13.2 Å². The number of nitrogens with zero attached hydrogens (tertiary/aromatic N) is 3. The van der Waals surface area contributed by atoms with Gasteiger partial charge in [0.25, 0.3) is 0 Å². The number of hydrogen-bond donors (Lipinski definition) is 1. The third kappa shape index (κ3) is 5.03. The van der Waals surface area contributed by atoms with Crippen LogP contribution in [0.3, 0.4) is 0 Å². The lowest BCUT2D eigenvalue weighted by Gasteiger charge is -2.17. The molecule has 0 saturated carbocycles. The number of carbonyl (C=O) groups excluding carboxylic acids is 2. The average molecular weight is 451 g/mol. The van der Waals surface area contributed by atoms with Gasteiger partial charge in [-0.05, 0) is 38.4 Å². The van der Waals surface area contributed by atoms with Crippen molar-refractivity contribution in [2.24, 2.45) is 11.8 Å². The van der Waals surface area contributed by atoms with E-state index >= 15 is 0 Å². The molecule has 2 heterocycles. The number of amides is 1. The molecule has 2 aromatic rings. The van der Waals surface area contributed by atoms with Crippen molar-refractivity contribution in [2.45, 2.75) is 46.2 Å². The Morgan fingerprint density at radius 3 is 2.47 bits per heavy atom. The quantitative estimate of drug-likeness (QED) is 0.515. The zero-order valence-corrected chi connectivity index (χ0v) is 18.8. The van der Waals surface area contributed by atoms with E-state index in [9.17, 15) is 22.8 Å². The number of carbonyl (C=O) groups is 2. The Morgan fingerprint density at radius 2 is 1.81 bits per heavy atom. The highest BCUT2D eigenvalue weighted by Gasteiger charge is 2.30. The van der Waals surface area contributed by atoms with Gasteiger partial charge in [-0.15, -0.1) is 0 Å². The topological polar surface area (TPSA) is 67.2 Å². The molecule has 1 N–H and O–H groups in total. The highest BCUT2D eigenvalue weighted by Crippen LogP contribution is 2.30. The van der Waals surface area contributed by atoms with Gasteiger partial charge in [-0.25, -0.2) is 18.2 Å². The third-order valence-corrected chi connectivity index (χ3v) is 5.73. The summed E-state index contributed by atoms with van der Waals surface area (Å²) >= 11 is 0. The van der Waals surface area contributed by atoms with E-state index in [1.165, 1.54) is 7.05 Å². The molecule has 0 fully saturated rings. The van der Waals surface area contributed by atoms with E-state index in [1.54, 1.807) is 4.57 Å². The van der Waals surface area contributed by atoms with E-state index in [-0.39, 0.29) is 41.1 Å². The van der Waals surface area contributed by atoms with Crippen molar-refractivity contribution >= 4 is 11.7 Å². The van der Waals surface area contributed by atoms with Crippen molar-refractivity contribution in [3.8, 4) is 11.4 Å². The van der Waals surface area contributed by atoms with Crippen molar-refractivity contribution < 1.29 is 22.8 Å². The summed E-state index contributed by atoms with van der Waals surface area (Å²) in [4.78, 5) is 32.1. The van der Waals surface area contributed by atoms with Gasteiger partial charge in [0.2, 0.25) is 5.91 Å². The minimum Gasteiger partial charge on any atom is -0.359 e. The largest absolute Gasteiger partial charge is 0.359 e. The second-order valence-corrected chi connectivity index (χ2v) is 8.79. The second-order valence-electron chi connectivity index (χ2n) is 8.79. The number of imidazole rings is 1. The van der Waals surface area contributed by atoms with Crippen LogP contribution >= 0.6 is 0 Å². The average Bonchev–Trinajstić information content (AvgIpc) is 2.95. The molecule has 1 atom stereocenters. The maximum atomic E-state index is 14.6. The van der Waals surface area contributed by atoms with Gasteiger partial charge in [0.05, 0.1) is 11.3 Å². The van der Waals surface area contributed by atoms with Crippen LogP contribution in [0.1, 0.15) is 49.3 Å². The van der Waals surface area contributed by atoms with Gasteiger partial charge in [-0.3, -0.25) is 9.59 Å². The van der Waals surface area contributed by atoms with Crippen LogP contribution in [0, 0.1) is 29.3 Å². The molecule has 1 amide bonds. The number of nitrogens with one attached hydrogen (secondary N) is 1. The minimum atomic E-state index is -1.29. The van der Waals surface area contributed by atoms with Crippen molar-refractivity contribution in [3.05, 3.63) is 41.0 Å². The molecule has 0 unspecified atom stereocenters. The van der Waals surface area contributed by atoms with E-state index in [0.29, 0.717) is 31.3 Å². The summed E-state index contributed by atoms with van der Waals surface area (Å²) in [5.74, 6) is -4.18. The van der Waals surface area contributed by atoms with Gasteiger partial charge in [-0.1, -0.05) is 13.8 Å². The predicted octanol–water partition coefficient (Wildman–Crippen LogP) is 3.78. The summed E-state index contributed by atoms with van der Waals surface area (Å²) in [7, 11) is 3.43. The van der Waals surface area contributed by atoms with E-state index in [1.807, 2.05) is 25.8 Å². The van der Waals surface area contributed by atoms with Gasteiger partial charge in [0.15, 0.2) is 17.4 Å². The van der Waals surface area contributed by atoms with Crippen molar-refractivity contribution in [2.75, 3.05) is 20.6 Å². The summed E-state index contributed by atoms with van der Waals surface area (Å²) in [6.45, 7) is 5.56. The minimum absolute atomic E-state index is 0.0364. The van der Waals surface area contributed by atoms with Crippen LogP contribution in [-0.2, 0) is 17.9 Å². The number of benzene rings is 1. The predicted molar refractivity (Wildman–Crippen MR) is 114 cm³/mol. The lowest BCUT2D eigenvalue weighted by Crippen LogP contribution is -2.30. The number of halogens is 3. The van der Waals surface area contributed by atoms with Crippen molar-refractivity contribution in [3.63, 3.8) is 0 Å².